The first kappa shape index (κ1) is 26.1. The van der Waals surface area contributed by atoms with Gasteiger partial charge in [-0.25, -0.2) is 13.4 Å². The maximum absolute atomic E-state index is 13.7. The molecule has 1 aromatic heterocycles. The smallest absolute Gasteiger partial charge is 0.264 e. The zero-order chi connectivity index (χ0) is 26.9. The van der Waals surface area contributed by atoms with Crippen molar-refractivity contribution in [3.8, 4) is 5.75 Å². The fourth-order valence-electron chi connectivity index (χ4n) is 4.58. The summed E-state index contributed by atoms with van der Waals surface area (Å²) in [6.07, 6.45) is 1.45. The maximum Gasteiger partial charge on any atom is 0.264 e. The molecule has 198 valence electrons. The lowest BCUT2D eigenvalue weighted by Crippen LogP contribution is -2.33. The molecule has 0 aliphatic carbocycles. The van der Waals surface area contributed by atoms with E-state index < -0.39 is 10.0 Å². The molecule has 0 saturated heterocycles. The third-order valence-corrected chi connectivity index (χ3v) is 9.47. The first-order valence-electron chi connectivity index (χ1n) is 12.4. The van der Waals surface area contributed by atoms with E-state index in [0.717, 1.165) is 28.7 Å². The molecule has 1 amide bonds. The first-order valence-corrected chi connectivity index (χ1v) is 14.7. The van der Waals surface area contributed by atoms with Gasteiger partial charge in [-0.3, -0.25) is 14.0 Å². The lowest BCUT2D eigenvalue weighted by Gasteiger charge is -2.22. The zero-order valence-corrected chi connectivity index (χ0v) is 23.3. The second-order valence-corrected chi connectivity index (χ2v) is 12.3. The number of benzene rings is 3. The molecule has 1 aliphatic heterocycles. The Morgan fingerprint density at radius 2 is 1.82 bits per heavy atom. The topological polar surface area (TPSA) is 83.0 Å². The second-order valence-electron chi connectivity index (χ2n) is 9.42. The molecule has 38 heavy (non-hydrogen) atoms. The van der Waals surface area contributed by atoms with Gasteiger partial charge in [0, 0.05) is 24.7 Å². The van der Waals surface area contributed by atoms with Crippen LogP contribution in [-0.2, 0) is 16.4 Å². The molecule has 4 aromatic rings. The molecule has 0 unspecified atom stereocenters. The summed E-state index contributed by atoms with van der Waals surface area (Å²) in [4.78, 5) is 22.3. The van der Waals surface area contributed by atoms with Crippen LogP contribution in [0.25, 0.3) is 10.2 Å². The standard InChI is InChI=1S/C28H30N4O4S2/c1-30(2)16-6-17-31(28-29-24-19-22(36-3)11-14-26(24)37-28)27(33)21-9-12-23(13-10-21)38(34,35)32-18-15-20-7-4-5-8-25(20)32/h4-5,7-14,19H,6,15-18H2,1-3H3. The van der Waals surface area contributed by atoms with Crippen LogP contribution in [0.3, 0.4) is 0 Å². The maximum atomic E-state index is 13.7. The third-order valence-electron chi connectivity index (χ3n) is 6.58. The molecule has 8 nitrogen and oxygen atoms in total. The number of aromatic nitrogens is 1. The number of anilines is 2. The van der Waals surface area contributed by atoms with Crippen molar-refractivity contribution < 1.29 is 17.9 Å². The van der Waals surface area contributed by atoms with Gasteiger partial charge in [-0.1, -0.05) is 29.5 Å². The summed E-state index contributed by atoms with van der Waals surface area (Å²) in [7, 11) is 1.86. The van der Waals surface area contributed by atoms with Gasteiger partial charge in [0.15, 0.2) is 5.13 Å². The Hall–Kier alpha value is -3.47. The van der Waals surface area contributed by atoms with E-state index in [1.54, 1.807) is 24.1 Å². The van der Waals surface area contributed by atoms with E-state index >= 15 is 0 Å². The lowest BCUT2D eigenvalue weighted by molar-refractivity contribution is 0.0986. The van der Waals surface area contributed by atoms with Gasteiger partial charge in [-0.05, 0) is 81.5 Å². The van der Waals surface area contributed by atoms with Crippen LogP contribution in [0.2, 0.25) is 0 Å². The highest BCUT2D eigenvalue weighted by Crippen LogP contribution is 2.34. The van der Waals surface area contributed by atoms with Gasteiger partial charge in [0.1, 0.15) is 5.75 Å². The lowest BCUT2D eigenvalue weighted by atomic mass is 10.2. The Labute approximate surface area is 227 Å². The Morgan fingerprint density at radius 1 is 1.05 bits per heavy atom. The van der Waals surface area contributed by atoms with Crippen molar-refractivity contribution in [1.82, 2.24) is 9.88 Å². The van der Waals surface area contributed by atoms with E-state index in [1.807, 2.05) is 56.6 Å². The molecule has 0 fully saturated rings. The number of hydrogen-bond donors (Lipinski definition) is 0. The number of rotatable bonds is 9. The minimum Gasteiger partial charge on any atom is -0.497 e. The quantitative estimate of drug-likeness (QED) is 0.302. The predicted molar refractivity (Wildman–Crippen MR) is 152 cm³/mol. The molecule has 1 aliphatic rings. The monoisotopic (exact) mass is 550 g/mol. The van der Waals surface area contributed by atoms with Crippen molar-refractivity contribution in [1.29, 1.82) is 0 Å². The van der Waals surface area contributed by atoms with E-state index in [1.165, 1.54) is 27.8 Å². The van der Waals surface area contributed by atoms with Gasteiger partial charge in [-0.2, -0.15) is 0 Å². The van der Waals surface area contributed by atoms with Gasteiger partial charge < -0.3 is 9.64 Å². The number of carbonyl (C=O) groups is 1. The van der Waals surface area contributed by atoms with Crippen molar-refractivity contribution in [3.63, 3.8) is 0 Å². The van der Waals surface area contributed by atoms with Crippen LogP contribution in [-0.4, -0.2) is 65.0 Å². The average molecular weight is 551 g/mol. The number of ether oxygens (including phenoxy) is 1. The molecule has 5 rings (SSSR count). The number of methoxy groups -OCH3 is 1. The largest absolute Gasteiger partial charge is 0.497 e. The van der Waals surface area contributed by atoms with E-state index in [9.17, 15) is 13.2 Å². The SMILES string of the molecule is COc1ccc2sc(N(CCCN(C)C)C(=O)c3ccc(S(=O)(=O)N4CCc5ccccc54)cc3)nc2c1. The molecular formula is C28H30N4O4S2. The van der Waals surface area contributed by atoms with Crippen LogP contribution in [0.15, 0.2) is 71.6 Å². The highest BCUT2D eigenvalue weighted by atomic mass is 32.2. The predicted octanol–water partition coefficient (Wildman–Crippen LogP) is 4.65. The molecule has 10 heteroatoms. The fourth-order valence-corrected chi connectivity index (χ4v) is 7.05. The number of nitrogens with zero attached hydrogens (tertiary/aromatic N) is 4. The number of thiazole rings is 1. The number of amides is 1. The van der Waals surface area contributed by atoms with Crippen molar-refractivity contribution in [2.75, 3.05) is 50.0 Å². The van der Waals surface area contributed by atoms with Gasteiger partial charge >= 0.3 is 0 Å². The molecule has 3 aromatic carbocycles. The Bertz CT molecular complexity index is 1570. The summed E-state index contributed by atoms with van der Waals surface area (Å²) in [6.45, 7) is 1.71. The number of para-hydroxylation sites is 1. The molecular weight excluding hydrogens is 520 g/mol. The van der Waals surface area contributed by atoms with Crippen molar-refractivity contribution >= 4 is 48.3 Å². The van der Waals surface area contributed by atoms with Crippen LogP contribution in [0.4, 0.5) is 10.8 Å². The van der Waals surface area contributed by atoms with Crippen LogP contribution >= 0.6 is 11.3 Å². The van der Waals surface area contributed by atoms with Gasteiger partial charge in [0.2, 0.25) is 0 Å². The second kappa shape index (κ2) is 10.7. The highest BCUT2D eigenvalue weighted by Gasteiger charge is 2.31. The normalized spacial score (nSPS) is 13.2. The van der Waals surface area contributed by atoms with Gasteiger partial charge in [0.25, 0.3) is 15.9 Å². The first-order chi connectivity index (χ1) is 18.3. The molecule has 0 N–H and O–H groups in total. The van der Waals surface area contributed by atoms with Crippen LogP contribution in [0.5, 0.6) is 5.75 Å². The van der Waals surface area contributed by atoms with E-state index in [4.69, 9.17) is 9.72 Å². The van der Waals surface area contributed by atoms with Crippen molar-refractivity contribution in [2.24, 2.45) is 0 Å². The van der Waals surface area contributed by atoms with Crippen molar-refractivity contribution in [3.05, 3.63) is 77.9 Å². The molecule has 0 bridgehead atoms. The van der Waals surface area contributed by atoms with Crippen LogP contribution in [0.1, 0.15) is 22.3 Å². The third kappa shape index (κ3) is 5.11. The minimum atomic E-state index is -3.73. The number of fused-ring (bicyclic) bond motifs is 2. The summed E-state index contributed by atoms with van der Waals surface area (Å²) in [5, 5.41) is 0.599. The Kier molecular flexibility index (Phi) is 7.38. The number of sulfonamides is 1. The molecule has 0 radical (unpaired) electrons. The van der Waals surface area contributed by atoms with E-state index in [0.29, 0.717) is 41.6 Å². The minimum absolute atomic E-state index is 0.164. The summed E-state index contributed by atoms with van der Waals surface area (Å²) in [5.74, 6) is 0.488. The summed E-state index contributed by atoms with van der Waals surface area (Å²) < 4.78 is 34.5. The van der Waals surface area contributed by atoms with Crippen molar-refractivity contribution in [2.45, 2.75) is 17.7 Å². The summed E-state index contributed by atoms with van der Waals surface area (Å²) in [6, 6.07) is 19.4. The molecule has 0 atom stereocenters. The molecule has 0 spiro atoms. The summed E-state index contributed by atoms with van der Waals surface area (Å²) >= 11 is 1.45. The highest BCUT2D eigenvalue weighted by molar-refractivity contribution is 7.92. The summed E-state index contributed by atoms with van der Waals surface area (Å²) in [5.41, 5.74) is 2.91. The van der Waals surface area contributed by atoms with Crippen LogP contribution < -0.4 is 13.9 Å². The van der Waals surface area contributed by atoms with Crippen LogP contribution in [0, 0.1) is 0 Å². The molecule has 2 heterocycles. The average Bonchev–Trinajstić information content (AvgIpc) is 3.55. The number of carbonyl (C=O) groups excluding carboxylic acids is 1. The number of hydrogen-bond acceptors (Lipinski definition) is 7. The molecule has 0 saturated carbocycles. The zero-order valence-electron chi connectivity index (χ0n) is 21.6. The van der Waals surface area contributed by atoms with Gasteiger partial charge in [-0.15, -0.1) is 0 Å². The Morgan fingerprint density at radius 3 is 2.55 bits per heavy atom. The van der Waals surface area contributed by atoms with E-state index in [2.05, 4.69) is 4.90 Å². The van der Waals surface area contributed by atoms with E-state index in [-0.39, 0.29) is 10.8 Å². The Balaban J connectivity index is 1.42. The fraction of sp³-hybridized carbons (Fsp3) is 0.286. The van der Waals surface area contributed by atoms with Gasteiger partial charge in [0.05, 0.1) is 27.9 Å².